The summed E-state index contributed by atoms with van der Waals surface area (Å²) in [7, 11) is 0. The van der Waals surface area contributed by atoms with Gasteiger partial charge < -0.3 is 15.0 Å². The third kappa shape index (κ3) is 4.16. The molecule has 0 aromatic carbocycles. The van der Waals surface area contributed by atoms with Crippen LogP contribution >= 0.6 is 12.4 Å². The van der Waals surface area contributed by atoms with E-state index < -0.39 is 0 Å². The highest BCUT2D eigenvalue weighted by Crippen LogP contribution is 2.21. The van der Waals surface area contributed by atoms with Gasteiger partial charge in [0.1, 0.15) is 6.61 Å². The van der Waals surface area contributed by atoms with E-state index in [9.17, 15) is 4.79 Å². The second-order valence-corrected chi connectivity index (χ2v) is 4.23. The third-order valence-electron chi connectivity index (χ3n) is 3.06. The average molecular weight is 286 g/mol. The van der Waals surface area contributed by atoms with Gasteiger partial charge in [-0.15, -0.1) is 12.4 Å². The van der Waals surface area contributed by atoms with Crippen LogP contribution < -0.4 is 5.32 Å². The largest absolute Gasteiger partial charge is 0.372 e. The maximum Gasteiger partial charge on any atom is 0.249 e. The molecule has 1 fully saturated rings. The molecular weight excluding hydrogens is 266 g/mol. The molecular formula is C13H20ClN3O2. The van der Waals surface area contributed by atoms with Gasteiger partial charge >= 0.3 is 0 Å². The fraction of sp³-hybridized carbons (Fsp3) is 0.538. The van der Waals surface area contributed by atoms with Crippen molar-refractivity contribution in [3.05, 3.63) is 30.1 Å². The molecule has 0 spiro atoms. The van der Waals surface area contributed by atoms with Crippen LogP contribution in [0.5, 0.6) is 0 Å². The molecule has 5 nitrogen and oxygen atoms in total. The Morgan fingerprint density at radius 2 is 2.47 bits per heavy atom. The van der Waals surface area contributed by atoms with Crippen molar-refractivity contribution in [2.24, 2.45) is 0 Å². The Morgan fingerprint density at radius 3 is 3.16 bits per heavy atom. The summed E-state index contributed by atoms with van der Waals surface area (Å²) >= 11 is 0. The highest BCUT2D eigenvalue weighted by Gasteiger charge is 2.27. The van der Waals surface area contributed by atoms with E-state index in [1.165, 1.54) is 0 Å². The van der Waals surface area contributed by atoms with Crippen LogP contribution in [0.25, 0.3) is 0 Å². The molecule has 2 rings (SSSR count). The van der Waals surface area contributed by atoms with Gasteiger partial charge in [-0.25, -0.2) is 0 Å². The number of nitrogens with one attached hydrogen (secondary N) is 1. The summed E-state index contributed by atoms with van der Waals surface area (Å²) < 4.78 is 5.21. The summed E-state index contributed by atoms with van der Waals surface area (Å²) in [4.78, 5) is 18.1. The van der Waals surface area contributed by atoms with Crippen molar-refractivity contribution >= 4 is 18.3 Å². The standard InChI is InChI=1S/C13H19N3O2.ClH/c1-2-18-10-13(17)16-7-6-15-9-12(16)11-4-3-5-14-8-11;/h3-5,8,12,15H,2,6-7,9-10H2,1H3;1H. The number of hydrogen-bond donors (Lipinski definition) is 1. The molecule has 1 unspecified atom stereocenters. The Hall–Kier alpha value is -1.17. The Labute approximate surface area is 119 Å². The van der Waals surface area contributed by atoms with E-state index >= 15 is 0 Å². The average Bonchev–Trinajstić information content (AvgIpc) is 2.45. The lowest BCUT2D eigenvalue weighted by atomic mass is 10.1. The SMILES string of the molecule is CCOCC(=O)N1CCNCC1c1cccnc1.Cl. The van der Waals surface area contributed by atoms with E-state index in [4.69, 9.17) is 4.74 Å². The maximum atomic E-state index is 12.1. The van der Waals surface area contributed by atoms with E-state index in [1.54, 1.807) is 6.20 Å². The Kier molecular flexibility index (Phi) is 6.77. The molecule has 1 aliphatic heterocycles. The van der Waals surface area contributed by atoms with E-state index in [0.29, 0.717) is 13.2 Å². The second kappa shape index (κ2) is 8.09. The Balaban J connectivity index is 0.00000180. The van der Waals surface area contributed by atoms with Crippen LogP contribution in [0, 0.1) is 0 Å². The molecule has 106 valence electrons. The molecule has 6 heteroatoms. The molecule has 2 heterocycles. The summed E-state index contributed by atoms with van der Waals surface area (Å²) in [6.07, 6.45) is 3.56. The van der Waals surface area contributed by atoms with Gasteiger partial charge in [-0.3, -0.25) is 9.78 Å². The summed E-state index contributed by atoms with van der Waals surface area (Å²) in [6.45, 7) is 4.93. The summed E-state index contributed by atoms with van der Waals surface area (Å²) in [5.74, 6) is 0.0483. The number of carbonyl (C=O) groups excluding carboxylic acids is 1. The highest BCUT2D eigenvalue weighted by atomic mass is 35.5. The third-order valence-corrected chi connectivity index (χ3v) is 3.06. The van der Waals surface area contributed by atoms with Crippen molar-refractivity contribution in [3.8, 4) is 0 Å². The lowest BCUT2D eigenvalue weighted by molar-refractivity contribution is -0.139. The van der Waals surface area contributed by atoms with Gasteiger partial charge in [0.2, 0.25) is 5.91 Å². The number of hydrogen-bond acceptors (Lipinski definition) is 4. The molecule has 1 atom stereocenters. The Morgan fingerprint density at radius 1 is 1.63 bits per heavy atom. The number of halogens is 1. The zero-order chi connectivity index (χ0) is 12.8. The van der Waals surface area contributed by atoms with Gasteiger partial charge in [0, 0.05) is 38.6 Å². The van der Waals surface area contributed by atoms with Crippen LogP contribution in [-0.2, 0) is 9.53 Å². The first-order valence-electron chi connectivity index (χ1n) is 6.30. The summed E-state index contributed by atoms with van der Waals surface area (Å²) in [5.41, 5.74) is 1.06. The lowest BCUT2D eigenvalue weighted by Crippen LogP contribution is -2.49. The first-order valence-corrected chi connectivity index (χ1v) is 6.30. The number of pyridine rings is 1. The van der Waals surface area contributed by atoms with E-state index in [2.05, 4.69) is 10.3 Å². The number of piperazine rings is 1. The van der Waals surface area contributed by atoms with Gasteiger partial charge in [-0.2, -0.15) is 0 Å². The van der Waals surface area contributed by atoms with Crippen molar-refractivity contribution < 1.29 is 9.53 Å². The number of nitrogens with zero attached hydrogens (tertiary/aromatic N) is 2. The molecule has 0 bridgehead atoms. The zero-order valence-corrected chi connectivity index (χ0v) is 11.9. The lowest BCUT2D eigenvalue weighted by Gasteiger charge is -2.36. The monoisotopic (exact) mass is 285 g/mol. The normalized spacial score (nSPS) is 18.8. The van der Waals surface area contributed by atoms with Gasteiger partial charge in [0.25, 0.3) is 0 Å². The smallest absolute Gasteiger partial charge is 0.249 e. The Bertz CT molecular complexity index is 389. The zero-order valence-electron chi connectivity index (χ0n) is 11.0. The molecule has 1 aliphatic rings. The predicted octanol–water partition coefficient (Wildman–Crippen LogP) is 1.01. The van der Waals surface area contributed by atoms with Gasteiger partial charge in [0.05, 0.1) is 6.04 Å². The topological polar surface area (TPSA) is 54.5 Å². The minimum atomic E-state index is 0. The van der Waals surface area contributed by atoms with Crippen LogP contribution in [0.2, 0.25) is 0 Å². The molecule has 19 heavy (non-hydrogen) atoms. The molecule has 1 amide bonds. The quantitative estimate of drug-likeness (QED) is 0.897. The van der Waals surface area contributed by atoms with Crippen LogP contribution in [0.4, 0.5) is 0 Å². The molecule has 0 radical (unpaired) electrons. The van der Waals surface area contributed by atoms with Gasteiger partial charge in [-0.05, 0) is 18.6 Å². The van der Waals surface area contributed by atoms with Crippen molar-refractivity contribution in [1.29, 1.82) is 0 Å². The van der Waals surface area contributed by atoms with Crippen LogP contribution in [0.1, 0.15) is 18.5 Å². The number of rotatable bonds is 4. The minimum absolute atomic E-state index is 0. The van der Waals surface area contributed by atoms with E-state index in [0.717, 1.165) is 18.7 Å². The van der Waals surface area contributed by atoms with Gasteiger partial charge in [0.15, 0.2) is 0 Å². The molecule has 1 aromatic heterocycles. The van der Waals surface area contributed by atoms with Crippen LogP contribution in [-0.4, -0.2) is 48.6 Å². The van der Waals surface area contributed by atoms with Crippen LogP contribution in [0.3, 0.4) is 0 Å². The first kappa shape index (κ1) is 15.9. The highest BCUT2D eigenvalue weighted by molar-refractivity contribution is 5.85. The predicted molar refractivity (Wildman–Crippen MR) is 75.3 cm³/mol. The molecule has 1 aromatic rings. The van der Waals surface area contributed by atoms with E-state index in [1.807, 2.05) is 30.2 Å². The molecule has 0 saturated carbocycles. The number of carbonyl (C=O) groups is 1. The molecule has 1 saturated heterocycles. The number of ether oxygens (including phenoxy) is 1. The minimum Gasteiger partial charge on any atom is -0.372 e. The van der Waals surface area contributed by atoms with Crippen molar-refractivity contribution in [3.63, 3.8) is 0 Å². The van der Waals surface area contributed by atoms with Gasteiger partial charge in [-0.1, -0.05) is 6.07 Å². The number of amides is 1. The van der Waals surface area contributed by atoms with Crippen molar-refractivity contribution in [1.82, 2.24) is 15.2 Å². The fourth-order valence-corrected chi connectivity index (χ4v) is 2.15. The second-order valence-electron chi connectivity index (χ2n) is 4.23. The number of aromatic nitrogens is 1. The van der Waals surface area contributed by atoms with Crippen molar-refractivity contribution in [2.75, 3.05) is 32.8 Å². The van der Waals surface area contributed by atoms with E-state index in [-0.39, 0.29) is 31.0 Å². The first-order chi connectivity index (χ1) is 8.83. The molecule has 1 N–H and O–H groups in total. The summed E-state index contributed by atoms with van der Waals surface area (Å²) in [5, 5.41) is 3.31. The maximum absolute atomic E-state index is 12.1. The summed E-state index contributed by atoms with van der Waals surface area (Å²) in [6, 6.07) is 3.96. The fourth-order valence-electron chi connectivity index (χ4n) is 2.15. The van der Waals surface area contributed by atoms with Crippen LogP contribution in [0.15, 0.2) is 24.5 Å². The molecule has 0 aliphatic carbocycles. The van der Waals surface area contributed by atoms with Crippen molar-refractivity contribution in [2.45, 2.75) is 13.0 Å².